The smallest absolute Gasteiger partial charge is 0.162 e. The Morgan fingerprint density at radius 2 is 1.50 bits per heavy atom. The quantitative estimate of drug-likeness (QED) is 0.716. The first-order valence-electron chi connectivity index (χ1n) is 8.43. The molecule has 20 heavy (non-hydrogen) atoms. The lowest BCUT2D eigenvalue weighted by Gasteiger charge is -2.55. The number of carbonyl (C=O) groups is 2. The maximum absolute atomic E-state index is 12.9. The third-order valence-corrected chi connectivity index (χ3v) is 6.32. The molecule has 0 aromatic rings. The van der Waals surface area contributed by atoms with Crippen LogP contribution < -0.4 is 0 Å². The van der Waals surface area contributed by atoms with Crippen LogP contribution in [0.3, 0.4) is 0 Å². The van der Waals surface area contributed by atoms with Gasteiger partial charge in [-0.1, -0.05) is 0 Å². The lowest BCUT2D eigenvalue weighted by Crippen LogP contribution is -2.49. The molecule has 0 saturated heterocycles. The average molecular weight is 272 g/mol. The maximum atomic E-state index is 12.9. The van der Waals surface area contributed by atoms with Gasteiger partial charge in [0.1, 0.15) is 0 Å². The number of ketones is 2. The molecule has 0 aliphatic heterocycles. The molecule has 4 bridgehead atoms. The standard InChI is InChI=1S/C18H24O2/c19-16-4-2-1-3-15(16)8-17(20)18-9-12-5-13(10-18)7-14(6-12)11-18/h8,12-14H,1-7,9-11H2/b15-8+. The van der Waals surface area contributed by atoms with Crippen molar-refractivity contribution in [2.75, 3.05) is 0 Å². The highest BCUT2D eigenvalue weighted by molar-refractivity contribution is 6.05. The van der Waals surface area contributed by atoms with Crippen LogP contribution in [0.4, 0.5) is 0 Å². The van der Waals surface area contributed by atoms with Crippen LogP contribution in [0.5, 0.6) is 0 Å². The minimum absolute atomic E-state index is 0.0700. The molecule has 5 aliphatic carbocycles. The van der Waals surface area contributed by atoms with E-state index in [1.165, 1.54) is 19.3 Å². The van der Waals surface area contributed by atoms with Crippen molar-refractivity contribution in [2.24, 2.45) is 23.2 Å². The molecule has 0 atom stereocenters. The fourth-order valence-electron chi connectivity index (χ4n) is 5.78. The van der Waals surface area contributed by atoms with Crippen LogP contribution in [0.15, 0.2) is 11.6 Å². The number of hydrogen-bond acceptors (Lipinski definition) is 2. The minimum Gasteiger partial charge on any atom is -0.295 e. The zero-order valence-electron chi connectivity index (χ0n) is 12.2. The van der Waals surface area contributed by atoms with Gasteiger partial charge >= 0.3 is 0 Å². The molecular weight excluding hydrogens is 248 g/mol. The van der Waals surface area contributed by atoms with E-state index in [0.717, 1.165) is 61.9 Å². The summed E-state index contributed by atoms with van der Waals surface area (Å²) in [7, 11) is 0. The number of carbonyl (C=O) groups excluding carboxylic acids is 2. The first-order chi connectivity index (χ1) is 9.64. The van der Waals surface area contributed by atoms with E-state index in [2.05, 4.69) is 0 Å². The van der Waals surface area contributed by atoms with E-state index in [1.54, 1.807) is 6.08 Å². The van der Waals surface area contributed by atoms with Gasteiger partial charge in [0.05, 0.1) is 0 Å². The fraction of sp³-hybridized carbons (Fsp3) is 0.778. The highest BCUT2D eigenvalue weighted by Crippen LogP contribution is 2.60. The van der Waals surface area contributed by atoms with Gasteiger partial charge in [-0.05, 0) is 87.2 Å². The highest BCUT2D eigenvalue weighted by atomic mass is 16.1. The lowest BCUT2D eigenvalue weighted by atomic mass is 9.48. The van der Waals surface area contributed by atoms with Crippen molar-refractivity contribution in [3.05, 3.63) is 11.6 Å². The van der Waals surface area contributed by atoms with Crippen LogP contribution in [-0.4, -0.2) is 11.6 Å². The third kappa shape index (κ3) is 1.99. The van der Waals surface area contributed by atoms with E-state index in [1.807, 2.05) is 0 Å². The van der Waals surface area contributed by atoms with Crippen LogP contribution >= 0.6 is 0 Å². The van der Waals surface area contributed by atoms with Gasteiger partial charge in [-0.15, -0.1) is 0 Å². The Hall–Kier alpha value is -0.920. The third-order valence-electron chi connectivity index (χ3n) is 6.32. The molecule has 0 aromatic heterocycles. The summed E-state index contributed by atoms with van der Waals surface area (Å²) in [5.41, 5.74) is 0.761. The SMILES string of the molecule is O=C1CCCC/C1=C\C(=O)C12CC3CC(CC(C3)C1)C2. The fourth-order valence-corrected chi connectivity index (χ4v) is 5.78. The van der Waals surface area contributed by atoms with Crippen LogP contribution in [0.1, 0.15) is 64.2 Å². The van der Waals surface area contributed by atoms with E-state index in [-0.39, 0.29) is 11.2 Å². The number of rotatable bonds is 2. The Bertz CT molecular complexity index is 450. The van der Waals surface area contributed by atoms with Crippen LogP contribution in [0.2, 0.25) is 0 Å². The number of Topliss-reactive ketones (excluding diaryl/α,β-unsaturated/α-hetero) is 1. The summed E-state index contributed by atoms with van der Waals surface area (Å²) < 4.78 is 0. The summed E-state index contributed by atoms with van der Waals surface area (Å²) in [6.07, 6.45) is 12.7. The van der Waals surface area contributed by atoms with Crippen molar-refractivity contribution in [2.45, 2.75) is 64.2 Å². The van der Waals surface area contributed by atoms with Crippen molar-refractivity contribution < 1.29 is 9.59 Å². The van der Waals surface area contributed by atoms with Crippen LogP contribution in [-0.2, 0) is 9.59 Å². The second kappa shape index (κ2) is 4.54. The molecular formula is C18H24O2. The minimum atomic E-state index is -0.0700. The van der Waals surface area contributed by atoms with Crippen molar-refractivity contribution in [1.82, 2.24) is 0 Å². The molecule has 2 heteroatoms. The highest BCUT2D eigenvalue weighted by Gasteiger charge is 2.53. The molecule has 0 N–H and O–H groups in total. The number of allylic oxidation sites excluding steroid dienone is 2. The maximum Gasteiger partial charge on any atom is 0.162 e. The van der Waals surface area contributed by atoms with Gasteiger partial charge < -0.3 is 0 Å². The second-order valence-electron chi connectivity index (χ2n) is 7.86. The predicted molar refractivity (Wildman–Crippen MR) is 77.2 cm³/mol. The molecule has 2 nitrogen and oxygen atoms in total. The normalized spacial score (nSPS) is 45.1. The molecule has 0 unspecified atom stereocenters. The molecule has 0 radical (unpaired) electrons. The van der Waals surface area contributed by atoms with E-state index in [9.17, 15) is 9.59 Å². The molecule has 5 saturated carbocycles. The molecule has 5 aliphatic rings. The van der Waals surface area contributed by atoms with E-state index in [0.29, 0.717) is 12.2 Å². The van der Waals surface area contributed by atoms with Gasteiger partial charge in [-0.25, -0.2) is 0 Å². The van der Waals surface area contributed by atoms with Gasteiger partial charge in [-0.2, -0.15) is 0 Å². The summed E-state index contributed by atoms with van der Waals surface area (Å²) in [5.74, 6) is 2.93. The van der Waals surface area contributed by atoms with Gasteiger partial charge in [-0.3, -0.25) is 9.59 Å². The molecule has 0 amide bonds. The predicted octanol–water partition coefficient (Wildman–Crippen LogP) is 3.84. The first-order valence-corrected chi connectivity index (χ1v) is 8.43. The average Bonchev–Trinajstić information content (AvgIpc) is 2.40. The van der Waals surface area contributed by atoms with E-state index >= 15 is 0 Å². The summed E-state index contributed by atoms with van der Waals surface area (Å²) in [4.78, 5) is 24.8. The zero-order chi connectivity index (χ0) is 13.7. The Kier molecular flexibility index (Phi) is 2.90. The largest absolute Gasteiger partial charge is 0.295 e. The van der Waals surface area contributed by atoms with E-state index < -0.39 is 0 Å². The second-order valence-corrected chi connectivity index (χ2v) is 7.86. The van der Waals surface area contributed by atoms with Crippen molar-refractivity contribution in [3.63, 3.8) is 0 Å². The Balaban J connectivity index is 1.59. The van der Waals surface area contributed by atoms with Gasteiger partial charge in [0, 0.05) is 11.8 Å². The first kappa shape index (κ1) is 12.8. The Morgan fingerprint density at radius 3 is 2.05 bits per heavy atom. The van der Waals surface area contributed by atoms with Crippen molar-refractivity contribution in [3.8, 4) is 0 Å². The van der Waals surface area contributed by atoms with Crippen molar-refractivity contribution in [1.29, 1.82) is 0 Å². The Morgan fingerprint density at radius 1 is 0.950 bits per heavy atom. The van der Waals surface area contributed by atoms with Gasteiger partial charge in [0.2, 0.25) is 0 Å². The molecule has 0 spiro atoms. The molecule has 5 rings (SSSR count). The van der Waals surface area contributed by atoms with Gasteiger partial charge in [0.15, 0.2) is 11.6 Å². The Labute approximate surface area is 121 Å². The summed E-state index contributed by atoms with van der Waals surface area (Å²) in [5, 5.41) is 0. The molecule has 5 fully saturated rings. The van der Waals surface area contributed by atoms with Crippen LogP contribution in [0, 0.1) is 23.2 Å². The summed E-state index contributed by atoms with van der Waals surface area (Å²) in [6, 6.07) is 0. The van der Waals surface area contributed by atoms with Gasteiger partial charge in [0.25, 0.3) is 0 Å². The summed E-state index contributed by atoms with van der Waals surface area (Å²) >= 11 is 0. The molecule has 0 aromatic carbocycles. The molecule has 108 valence electrons. The van der Waals surface area contributed by atoms with E-state index in [4.69, 9.17) is 0 Å². The summed E-state index contributed by atoms with van der Waals surface area (Å²) in [6.45, 7) is 0. The lowest BCUT2D eigenvalue weighted by molar-refractivity contribution is -0.138. The van der Waals surface area contributed by atoms with Crippen LogP contribution in [0.25, 0.3) is 0 Å². The molecule has 0 heterocycles. The zero-order valence-corrected chi connectivity index (χ0v) is 12.2. The number of hydrogen-bond donors (Lipinski definition) is 0. The van der Waals surface area contributed by atoms with Crippen molar-refractivity contribution >= 4 is 11.6 Å². The monoisotopic (exact) mass is 272 g/mol. The topological polar surface area (TPSA) is 34.1 Å².